The highest BCUT2D eigenvalue weighted by Gasteiger charge is 2.29. The second-order valence-corrected chi connectivity index (χ2v) is 10.1. The smallest absolute Gasteiger partial charge is 0.243 e. The predicted octanol–water partition coefficient (Wildman–Crippen LogP) is 4.01. The molecule has 1 aliphatic rings. The Morgan fingerprint density at radius 1 is 1.22 bits per heavy atom. The Balaban J connectivity index is 1.72. The van der Waals surface area contributed by atoms with Gasteiger partial charge in [-0.05, 0) is 77.7 Å². The molecule has 144 valence electrons. The van der Waals surface area contributed by atoms with Gasteiger partial charge in [-0.2, -0.15) is 4.31 Å². The quantitative estimate of drug-likeness (QED) is 0.483. The molecule has 27 heavy (non-hydrogen) atoms. The number of hydrogen-bond acceptors (Lipinski definition) is 4. The van der Waals surface area contributed by atoms with Crippen molar-refractivity contribution in [1.29, 1.82) is 0 Å². The second kappa shape index (κ2) is 8.70. The van der Waals surface area contributed by atoms with Gasteiger partial charge >= 0.3 is 0 Å². The van der Waals surface area contributed by atoms with Crippen LogP contribution in [0.5, 0.6) is 0 Å². The largest absolute Gasteiger partial charge is 0.378 e. The fourth-order valence-electron chi connectivity index (χ4n) is 3.20. The Morgan fingerprint density at radius 3 is 2.67 bits per heavy atom. The van der Waals surface area contributed by atoms with E-state index in [9.17, 15) is 13.2 Å². The molecule has 1 aliphatic heterocycles. The average molecular weight is 498 g/mol. The van der Waals surface area contributed by atoms with E-state index in [-0.39, 0.29) is 17.2 Å². The van der Waals surface area contributed by atoms with Gasteiger partial charge in [-0.15, -0.1) is 0 Å². The van der Waals surface area contributed by atoms with E-state index in [0.717, 1.165) is 22.1 Å². The van der Waals surface area contributed by atoms with Crippen LogP contribution in [0.1, 0.15) is 30.1 Å². The maximum atomic E-state index is 12.9. The summed E-state index contributed by atoms with van der Waals surface area (Å²) < 4.78 is 28.5. The molecule has 1 saturated heterocycles. The van der Waals surface area contributed by atoms with Gasteiger partial charge in [0.25, 0.3) is 0 Å². The summed E-state index contributed by atoms with van der Waals surface area (Å²) in [6.07, 6.45) is 1.92. The molecule has 2 aromatic rings. The van der Waals surface area contributed by atoms with Crippen LogP contribution in [0.2, 0.25) is 0 Å². The minimum absolute atomic E-state index is 0.116. The van der Waals surface area contributed by atoms with Crippen LogP contribution in [0, 0.1) is 9.49 Å². The number of piperidine rings is 1. The molecule has 1 fully saturated rings. The molecule has 3 rings (SSSR count). The van der Waals surface area contributed by atoms with E-state index in [4.69, 9.17) is 0 Å². The zero-order valence-electron chi connectivity index (χ0n) is 15.2. The third-order valence-electron chi connectivity index (χ3n) is 4.71. The van der Waals surface area contributed by atoms with Crippen LogP contribution in [0.4, 0.5) is 5.69 Å². The minimum atomic E-state index is -3.56. The highest BCUT2D eigenvalue weighted by Crippen LogP contribution is 2.24. The van der Waals surface area contributed by atoms with Gasteiger partial charge in [0, 0.05) is 27.9 Å². The van der Waals surface area contributed by atoms with Gasteiger partial charge < -0.3 is 5.32 Å². The van der Waals surface area contributed by atoms with Crippen molar-refractivity contribution < 1.29 is 13.2 Å². The lowest BCUT2D eigenvalue weighted by molar-refractivity contribution is 0.101. The van der Waals surface area contributed by atoms with Crippen molar-refractivity contribution in [2.24, 2.45) is 5.92 Å². The molecule has 5 nitrogen and oxygen atoms in total. The summed E-state index contributed by atoms with van der Waals surface area (Å²) in [5.74, 6) is 0.217. The van der Waals surface area contributed by atoms with E-state index in [1.165, 1.54) is 10.4 Å². The van der Waals surface area contributed by atoms with Crippen LogP contribution in [0.3, 0.4) is 0 Å². The summed E-state index contributed by atoms with van der Waals surface area (Å²) in [5, 5.41) is 3.08. The molecule has 1 atom stereocenters. The first-order valence-corrected chi connectivity index (χ1v) is 11.5. The number of Topliss-reactive ketones (excluding diaryl/α,β-unsaturated/α-hetero) is 1. The lowest BCUT2D eigenvalue weighted by Gasteiger charge is -2.30. The van der Waals surface area contributed by atoms with E-state index < -0.39 is 10.0 Å². The van der Waals surface area contributed by atoms with Crippen molar-refractivity contribution in [3.63, 3.8) is 0 Å². The molecule has 1 heterocycles. The first kappa shape index (κ1) is 20.3. The monoisotopic (exact) mass is 498 g/mol. The average Bonchev–Trinajstić information content (AvgIpc) is 2.67. The molecule has 0 spiro atoms. The topological polar surface area (TPSA) is 66.5 Å². The lowest BCUT2D eigenvalue weighted by atomic mass is 10.0. The van der Waals surface area contributed by atoms with Gasteiger partial charge in [-0.25, -0.2) is 8.42 Å². The summed E-state index contributed by atoms with van der Waals surface area (Å²) in [5.41, 5.74) is 1.26. The van der Waals surface area contributed by atoms with Crippen molar-refractivity contribution in [3.8, 4) is 0 Å². The molecule has 0 amide bonds. The number of carbonyl (C=O) groups excluding carboxylic acids is 1. The molecule has 0 radical (unpaired) electrons. The maximum absolute atomic E-state index is 12.9. The van der Waals surface area contributed by atoms with Crippen molar-refractivity contribution >= 4 is 44.1 Å². The summed E-state index contributed by atoms with van der Waals surface area (Å²) in [7, 11) is -3.56. The Labute approximate surface area is 174 Å². The molecule has 0 bridgehead atoms. The van der Waals surface area contributed by atoms with E-state index >= 15 is 0 Å². The first-order valence-electron chi connectivity index (χ1n) is 8.99. The molecular weight excluding hydrogens is 475 g/mol. The van der Waals surface area contributed by atoms with Gasteiger partial charge in [-0.1, -0.05) is 19.1 Å². The second-order valence-electron chi connectivity index (χ2n) is 6.92. The number of nitrogens with one attached hydrogen (secondary N) is 1. The molecule has 0 aromatic heterocycles. The molecule has 0 saturated carbocycles. The van der Waals surface area contributed by atoms with Crippen LogP contribution in [-0.4, -0.2) is 38.1 Å². The van der Waals surface area contributed by atoms with Gasteiger partial charge in [-0.3, -0.25) is 4.79 Å². The number of halogens is 1. The number of sulfonamides is 1. The van der Waals surface area contributed by atoms with Crippen LogP contribution >= 0.6 is 22.6 Å². The fourth-order valence-corrected chi connectivity index (χ4v) is 5.20. The highest BCUT2D eigenvalue weighted by atomic mass is 127. The zero-order valence-corrected chi connectivity index (χ0v) is 18.2. The summed E-state index contributed by atoms with van der Waals surface area (Å²) >= 11 is 2.22. The number of anilines is 1. The first-order chi connectivity index (χ1) is 12.9. The van der Waals surface area contributed by atoms with Gasteiger partial charge in [0.2, 0.25) is 10.0 Å². The number of nitrogens with zero attached hydrogens (tertiary/aromatic N) is 1. The van der Waals surface area contributed by atoms with Crippen molar-refractivity contribution in [1.82, 2.24) is 4.31 Å². The van der Waals surface area contributed by atoms with E-state index in [0.29, 0.717) is 24.6 Å². The summed E-state index contributed by atoms with van der Waals surface area (Å²) in [6, 6.07) is 14.1. The SMILES string of the molecule is CC1CCCN(S(=O)(=O)c2cccc(C(=O)CNc3ccc(I)cc3)c2)C1. The van der Waals surface area contributed by atoms with E-state index in [1.54, 1.807) is 18.2 Å². The van der Waals surface area contributed by atoms with Crippen molar-refractivity contribution in [2.45, 2.75) is 24.7 Å². The predicted molar refractivity (Wildman–Crippen MR) is 116 cm³/mol. The Morgan fingerprint density at radius 2 is 1.96 bits per heavy atom. The van der Waals surface area contributed by atoms with Crippen LogP contribution in [-0.2, 0) is 10.0 Å². The summed E-state index contributed by atoms with van der Waals surface area (Å²) in [6.45, 7) is 3.26. The fraction of sp³-hybridized carbons (Fsp3) is 0.350. The maximum Gasteiger partial charge on any atom is 0.243 e. The number of ketones is 1. The van der Waals surface area contributed by atoms with Crippen LogP contribution in [0.25, 0.3) is 0 Å². The van der Waals surface area contributed by atoms with Crippen LogP contribution in [0.15, 0.2) is 53.4 Å². The van der Waals surface area contributed by atoms with Crippen molar-refractivity contribution in [3.05, 3.63) is 57.7 Å². The van der Waals surface area contributed by atoms with Crippen molar-refractivity contribution in [2.75, 3.05) is 25.0 Å². The number of rotatable bonds is 6. The van der Waals surface area contributed by atoms with Gasteiger partial charge in [0.1, 0.15) is 0 Å². The molecule has 1 N–H and O–H groups in total. The highest BCUT2D eigenvalue weighted by molar-refractivity contribution is 14.1. The van der Waals surface area contributed by atoms with Crippen LogP contribution < -0.4 is 5.32 Å². The molecule has 7 heteroatoms. The van der Waals surface area contributed by atoms with Gasteiger partial charge in [0.15, 0.2) is 5.78 Å². The minimum Gasteiger partial charge on any atom is -0.378 e. The third kappa shape index (κ3) is 5.08. The number of carbonyl (C=O) groups is 1. The molecular formula is C20H23IN2O3S. The third-order valence-corrected chi connectivity index (χ3v) is 7.29. The number of benzene rings is 2. The number of hydrogen-bond donors (Lipinski definition) is 1. The normalized spacial score (nSPS) is 18.2. The Kier molecular flexibility index (Phi) is 6.54. The van der Waals surface area contributed by atoms with E-state index in [2.05, 4.69) is 34.8 Å². The molecule has 0 aliphatic carbocycles. The molecule has 2 aromatic carbocycles. The Bertz CT molecular complexity index is 913. The van der Waals surface area contributed by atoms with E-state index in [1.807, 2.05) is 24.3 Å². The summed E-state index contributed by atoms with van der Waals surface area (Å²) in [4.78, 5) is 12.7. The zero-order chi connectivity index (χ0) is 19.4. The standard InChI is InChI=1S/C20H23IN2O3S/c1-15-4-3-11-23(14-15)27(25,26)19-6-2-5-16(12-19)20(24)13-22-18-9-7-17(21)8-10-18/h2,5-10,12,15,22H,3-4,11,13-14H2,1H3. The Hall–Kier alpha value is -1.45. The lowest BCUT2D eigenvalue weighted by Crippen LogP contribution is -2.39. The van der Waals surface area contributed by atoms with Gasteiger partial charge in [0.05, 0.1) is 11.4 Å². The molecule has 1 unspecified atom stereocenters.